The van der Waals surface area contributed by atoms with E-state index in [2.05, 4.69) is 9.98 Å². The number of rotatable bonds is 7. The first kappa shape index (κ1) is 29.5. The van der Waals surface area contributed by atoms with Crippen molar-refractivity contribution < 1.29 is 61.1 Å². The molecule has 0 bridgehead atoms. The highest BCUT2D eigenvalue weighted by Gasteiger charge is 2.31. The Morgan fingerprint density at radius 2 is 1.00 bits per heavy atom. The van der Waals surface area contributed by atoms with Crippen molar-refractivity contribution in [3.63, 3.8) is 0 Å². The second kappa shape index (κ2) is 12.5. The van der Waals surface area contributed by atoms with Gasteiger partial charge in [0.25, 0.3) is 0 Å². The highest BCUT2D eigenvalue weighted by molar-refractivity contribution is 5.77. The molecular weight excluding hydrogens is 481 g/mol. The Morgan fingerprint density at radius 1 is 0.656 bits per heavy atom. The first-order chi connectivity index (χ1) is 13.9. The van der Waals surface area contributed by atoms with Gasteiger partial charge in [0.05, 0.1) is 24.0 Å². The molecule has 0 aliphatic carbocycles. The van der Waals surface area contributed by atoms with Gasteiger partial charge in [0.1, 0.15) is 13.1 Å². The molecule has 2 rings (SSSR count). The molecule has 0 amide bonds. The number of alkyl halides is 6. The van der Waals surface area contributed by atoms with Crippen LogP contribution >= 0.6 is 0 Å². The zero-order valence-corrected chi connectivity index (χ0v) is 18.1. The summed E-state index contributed by atoms with van der Waals surface area (Å²) in [4.78, 5) is 5.74. The summed E-state index contributed by atoms with van der Waals surface area (Å²) in [5, 5.41) is 0. The predicted molar refractivity (Wildman–Crippen MR) is 100 cm³/mol. The molecule has 0 aliphatic heterocycles. The summed E-state index contributed by atoms with van der Waals surface area (Å²) in [5.41, 5.74) is 11.0. The van der Waals surface area contributed by atoms with E-state index in [1.807, 2.05) is 0 Å². The fourth-order valence-corrected chi connectivity index (χ4v) is 2.73. The lowest BCUT2D eigenvalue weighted by atomic mass is 10.1. The molecular formula is C20H22Cl2F6N4. The van der Waals surface area contributed by atoms with Crippen LogP contribution in [0.3, 0.4) is 0 Å². The van der Waals surface area contributed by atoms with Gasteiger partial charge in [0.15, 0.2) is 0 Å². The Bertz CT molecular complexity index is 851. The molecule has 32 heavy (non-hydrogen) atoms. The number of hydrogen-bond donors (Lipinski definition) is 4. The fraction of sp³-hybridized carbons (Fsp3) is 0.300. The summed E-state index contributed by atoms with van der Waals surface area (Å²) >= 11 is 0. The third kappa shape index (κ3) is 9.78. The maximum Gasteiger partial charge on any atom is 0.416 e. The highest BCUT2D eigenvalue weighted by atomic mass is 35.5. The highest BCUT2D eigenvalue weighted by Crippen LogP contribution is 2.30. The van der Waals surface area contributed by atoms with E-state index in [0.29, 0.717) is 24.2 Å². The monoisotopic (exact) mass is 502 g/mol. The Hall–Kier alpha value is -2.46. The van der Waals surface area contributed by atoms with Crippen molar-refractivity contribution >= 4 is 11.7 Å². The van der Waals surface area contributed by atoms with Gasteiger partial charge in [-0.25, -0.2) is 0 Å². The second-order valence-electron chi connectivity index (χ2n) is 6.65. The normalized spacial score (nSPS) is 12.7. The molecule has 0 radical (unpaired) electrons. The standard InChI is InChI=1S/C20H20F6N4.2ClH/c21-19(22,23)15-5-1-3-13(9-15)11-17(27)29-7-8-30-18(28)12-14-4-2-6-16(10-14)20(24,25)26;;/h1-6,9-10H,7-8,11-12H2,(H2,27,29)(H2,28,30);2*1H. The number of nitrogens with two attached hydrogens (primary N) is 2. The van der Waals surface area contributed by atoms with Gasteiger partial charge in [-0.2, -0.15) is 26.3 Å². The topological polar surface area (TPSA) is 80.0 Å². The van der Waals surface area contributed by atoms with Crippen molar-refractivity contribution in [1.29, 1.82) is 0 Å². The number of hydrogen-bond acceptors (Lipinski definition) is 0. The van der Waals surface area contributed by atoms with Gasteiger partial charge in [0, 0.05) is 0 Å². The Labute approximate surface area is 193 Å². The van der Waals surface area contributed by atoms with Crippen molar-refractivity contribution in [1.82, 2.24) is 0 Å². The summed E-state index contributed by atoms with van der Waals surface area (Å²) in [5.74, 6) is 0.570. The van der Waals surface area contributed by atoms with Gasteiger partial charge < -0.3 is 24.8 Å². The van der Waals surface area contributed by atoms with E-state index in [1.54, 1.807) is 12.1 Å². The van der Waals surface area contributed by atoms with Crippen molar-refractivity contribution in [3.05, 3.63) is 70.8 Å². The molecule has 0 aliphatic rings. The van der Waals surface area contributed by atoms with E-state index in [0.717, 1.165) is 24.3 Å². The van der Waals surface area contributed by atoms with Gasteiger partial charge in [-0.15, -0.1) is 0 Å². The molecule has 0 unspecified atom stereocenters. The van der Waals surface area contributed by atoms with E-state index in [-0.39, 0.29) is 49.3 Å². The lowest BCUT2D eigenvalue weighted by molar-refractivity contribution is -0.540. The van der Waals surface area contributed by atoms with Gasteiger partial charge in [-0.3, -0.25) is 21.5 Å². The third-order valence-electron chi connectivity index (χ3n) is 4.13. The van der Waals surface area contributed by atoms with Gasteiger partial charge in [-0.1, -0.05) is 36.4 Å². The second-order valence-corrected chi connectivity index (χ2v) is 6.65. The quantitative estimate of drug-likeness (QED) is 0.132. The molecule has 0 spiro atoms. The van der Waals surface area contributed by atoms with Crippen molar-refractivity contribution in [3.8, 4) is 0 Å². The Balaban J connectivity index is 0.00000480. The maximum absolute atomic E-state index is 12.7. The average Bonchev–Trinajstić information content (AvgIpc) is 2.64. The van der Waals surface area contributed by atoms with Crippen LogP contribution < -0.4 is 46.3 Å². The minimum atomic E-state index is -4.42. The molecule has 0 saturated carbocycles. The molecule has 12 heteroatoms. The van der Waals surface area contributed by atoms with Crippen LogP contribution in [0.5, 0.6) is 0 Å². The van der Waals surface area contributed by atoms with Crippen LogP contribution in [0.1, 0.15) is 22.3 Å². The summed E-state index contributed by atoms with van der Waals surface area (Å²) < 4.78 is 76.4. The van der Waals surface area contributed by atoms with Crippen LogP contribution in [0, 0.1) is 0 Å². The van der Waals surface area contributed by atoms with Gasteiger partial charge in [0.2, 0.25) is 11.7 Å². The van der Waals surface area contributed by atoms with Gasteiger partial charge in [-0.05, 0) is 23.3 Å². The number of amidine groups is 2. The summed E-state index contributed by atoms with van der Waals surface area (Å²) in [6, 6.07) is 9.76. The third-order valence-corrected chi connectivity index (χ3v) is 4.13. The minimum Gasteiger partial charge on any atom is -1.00 e. The van der Waals surface area contributed by atoms with Crippen LogP contribution in [-0.2, 0) is 25.2 Å². The Kier molecular flexibility index (Phi) is 11.6. The smallest absolute Gasteiger partial charge is 0.416 e. The van der Waals surface area contributed by atoms with E-state index in [9.17, 15) is 26.3 Å². The van der Waals surface area contributed by atoms with Crippen molar-refractivity contribution in [2.45, 2.75) is 25.2 Å². The van der Waals surface area contributed by atoms with Crippen LogP contribution in [0.4, 0.5) is 26.3 Å². The zero-order valence-electron chi connectivity index (χ0n) is 16.6. The predicted octanol–water partition coefficient (Wildman–Crippen LogP) is -5.61. The number of nitrogens with one attached hydrogen (secondary N) is 2. The average molecular weight is 503 g/mol. The molecule has 178 valence electrons. The van der Waals surface area contributed by atoms with Crippen LogP contribution in [0.2, 0.25) is 0 Å². The zero-order chi connectivity index (χ0) is 22.4. The molecule has 0 saturated heterocycles. The molecule has 6 N–H and O–H groups in total. The van der Waals surface area contributed by atoms with Crippen LogP contribution in [0.25, 0.3) is 0 Å². The van der Waals surface area contributed by atoms with Gasteiger partial charge >= 0.3 is 12.4 Å². The van der Waals surface area contributed by atoms with Crippen molar-refractivity contribution in [2.24, 2.45) is 11.5 Å². The Morgan fingerprint density at radius 3 is 1.31 bits per heavy atom. The largest absolute Gasteiger partial charge is 1.00 e. The van der Waals surface area contributed by atoms with Crippen LogP contribution in [-0.4, -0.2) is 24.8 Å². The number of benzene rings is 2. The molecule has 2 aromatic rings. The molecule has 0 atom stereocenters. The molecule has 0 heterocycles. The summed E-state index contributed by atoms with van der Waals surface area (Å²) in [6.45, 7) is 0.655. The summed E-state index contributed by atoms with van der Waals surface area (Å²) in [6.07, 6.45) is -8.61. The maximum atomic E-state index is 12.7. The SMILES string of the molecule is NC(Cc1cccc(C(F)(F)F)c1)=[NH+]CC[NH+]=C(N)Cc1cccc(C(F)(F)F)c1.[Cl-].[Cl-]. The lowest BCUT2D eigenvalue weighted by Crippen LogP contribution is -3.00. The molecule has 0 fully saturated rings. The van der Waals surface area contributed by atoms with E-state index in [1.165, 1.54) is 12.1 Å². The first-order valence-electron chi connectivity index (χ1n) is 8.98. The molecule has 4 nitrogen and oxygen atoms in total. The van der Waals surface area contributed by atoms with E-state index in [4.69, 9.17) is 11.5 Å². The first-order valence-corrected chi connectivity index (χ1v) is 8.98. The van der Waals surface area contributed by atoms with Crippen molar-refractivity contribution in [2.75, 3.05) is 13.1 Å². The fourth-order valence-electron chi connectivity index (χ4n) is 2.73. The van der Waals surface area contributed by atoms with E-state index >= 15 is 0 Å². The number of halogens is 8. The lowest BCUT2D eigenvalue weighted by Gasteiger charge is -2.07. The molecule has 0 aromatic heterocycles. The molecule has 2 aromatic carbocycles. The minimum absolute atomic E-state index is 0. The van der Waals surface area contributed by atoms with E-state index < -0.39 is 23.5 Å². The van der Waals surface area contributed by atoms with Crippen LogP contribution in [0.15, 0.2) is 48.5 Å². The summed E-state index contributed by atoms with van der Waals surface area (Å²) in [7, 11) is 0.